The van der Waals surface area contributed by atoms with Crippen molar-refractivity contribution in [2.24, 2.45) is 0 Å². The van der Waals surface area contributed by atoms with E-state index in [1.54, 1.807) is 0 Å². The molecule has 2 N–H and O–H groups in total. The number of aromatic nitrogens is 1. The van der Waals surface area contributed by atoms with Crippen LogP contribution in [-0.2, 0) is 4.74 Å². The largest absolute Gasteiger partial charge is 0.382 e. The summed E-state index contributed by atoms with van der Waals surface area (Å²) in [4.78, 5) is 21.8. The fraction of sp³-hybridized carbons (Fsp3) is 0.714. The van der Waals surface area contributed by atoms with Crippen LogP contribution in [0, 0.1) is 0 Å². The Kier molecular flexibility index (Phi) is 4.30. The van der Waals surface area contributed by atoms with E-state index < -0.39 is 0 Å². The molecule has 1 atom stereocenters. The van der Waals surface area contributed by atoms with E-state index in [2.05, 4.69) is 16.8 Å². The standard InChI is InChI=1S/C14H22N4O2S/c1-10-4-2-3-5-18(10)13(19)11-12(15)16-14(21-11)17-6-8-20-9-7-17/h10H,2-9,15H2,1H3. The maximum Gasteiger partial charge on any atom is 0.268 e. The number of ether oxygens (including phenoxy) is 1. The van der Waals surface area contributed by atoms with E-state index in [0.29, 0.717) is 30.0 Å². The van der Waals surface area contributed by atoms with E-state index in [1.807, 2.05) is 4.90 Å². The number of likely N-dealkylation sites (tertiary alicyclic amines) is 1. The van der Waals surface area contributed by atoms with Crippen molar-refractivity contribution < 1.29 is 9.53 Å². The molecule has 0 spiro atoms. The Morgan fingerprint density at radius 1 is 1.33 bits per heavy atom. The van der Waals surface area contributed by atoms with Gasteiger partial charge in [-0.15, -0.1) is 0 Å². The Morgan fingerprint density at radius 2 is 2.10 bits per heavy atom. The van der Waals surface area contributed by atoms with Gasteiger partial charge in [-0.2, -0.15) is 0 Å². The van der Waals surface area contributed by atoms with Crippen molar-refractivity contribution in [1.29, 1.82) is 0 Å². The molecule has 0 radical (unpaired) electrons. The lowest BCUT2D eigenvalue weighted by molar-refractivity contribution is 0.0641. The summed E-state index contributed by atoms with van der Waals surface area (Å²) in [5.74, 6) is 0.404. The zero-order chi connectivity index (χ0) is 14.8. The average molecular weight is 310 g/mol. The second-order valence-electron chi connectivity index (χ2n) is 5.65. The van der Waals surface area contributed by atoms with Crippen LogP contribution in [0.4, 0.5) is 10.9 Å². The smallest absolute Gasteiger partial charge is 0.268 e. The molecule has 2 aliphatic heterocycles. The third-order valence-electron chi connectivity index (χ3n) is 4.18. The first-order chi connectivity index (χ1) is 10.2. The number of carbonyl (C=O) groups excluding carboxylic acids is 1. The van der Waals surface area contributed by atoms with Crippen molar-refractivity contribution in [3.63, 3.8) is 0 Å². The molecule has 2 fully saturated rings. The van der Waals surface area contributed by atoms with Gasteiger partial charge in [0.05, 0.1) is 13.2 Å². The van der Waals surface area contributed by atoms with Gasteiger partial charge in [0.15, 0.2) is 5.13 Å². The fourth-order valence-corrected chi connectivity index (χ4v) is 3.89. The minimum Gasteiger partial charge on any atom is -0.382 e. The number of hydrogen-bond acceptors (Lipinski definition) is 6. The lowest BCUT2D eigenvalue weighted by atomic mass is 10.0. The SMILES string of the molecule is CC1CCCCN1C(=O)c1sc(N2CCOCC2)nc1N. The number of anilines is 2. The van der Waals surface area contributed by atoms with Gasteiger partial charge < -0.3 is 20.3 Å². The monoisotopic (exact) mass is 310 g/mol. The summed E-state index contributed by atoms with van der Waals surface area (Å²) in [7, 11) is 0. The lowest BCUT2D eigenvalue weighted by Crippen LogP contribution is -2.41. The molecule has 0 saturated carbocycles. The molecule has 21 heavy (non-hydrogen) atoms. The first kappa shape index (κ1) is 14.6. The molecule has 0 aromatic carbocycles. The van der Waals surface area contributed by atoms with Crippen LogP contribution in [0.15, 0.2) is 0 Å². The summed E-state index contributed by atoms with van der Waals surface area (Å²) in [6.07, 6.45) is 3.34. The lowest BCUT2D eigenvalue weighted by Gasteiger charge is -2.33. The molecule has 6 nitrogen and oxygen atoms in total. The number of nitrogen functional groups attached to an aromatic ring is 1. The minimum absolute atomic E-state index is 0.0386. The molecule has 3 rings (SSSR count). The Balaban J connectivity index is 1.78. The third kappa shape index (κ3) is 2.98. The average Bonchev–Trinajstić information content (AvgIpc) is 2.90. The minimum atomic E-state index is 0.0386. The highest BCUT2D eigenvalue weighted by atomic mass is 32.1. The van der Waals surface area contributed by atoms with Crippen LogP contribution in [-0.4, -0.2) is 54.7 Å². The summed E-state index contributed by atoms with van der Waals surface area (Å²) in [5, 5.41) is 0.837. The zero-order valence-electron chi connectivity index (χ0n) is 12.4. The molecule has 0 bridgehead atoms. The maximum absolute atomic E-state index is 12.7. The van der Waals surface area contributed by atoms with Crippen molar-refractivity contribution in [2.45, 2.75) is 32.2 Å². The molecule has 1 aromatic heterocycles. The Morgan fingerprint density at radius 3 is 2.81 bits per heavy atom. The van der Waals surface area contributed by atoms with Crippen molar-refractivity contribution in [3.8, 4) is 0 Å². The van der Waals surface area contributed by atoms with E-state index in [9.17, 15) is 4.79 Å². The molecule has 1 amide bonds. The van der Waals surface area contributed by atoms with Crippen LogP contribution in [0.5, 0.6) is 0 Å². The number of rotatable bonds is 2. The van der Waals surface area contributed by atoms with Gasteiger partial charge in [0.25, 0.3) is 5.91 Å². The van der Waals surface area contributed by atoms with Gasteiger partial charge in [-0.05, 0) is 26.2 Å². The number of piperidine rings is 1. The highest BCUT2D eigenvalue weighted by Gasteiger charge is 2.28. The molecule has 7 heteroatoms. The number of carbonyl (C=O) groups is 1. The number of morpholine rings is 1. The van der Waals surface area contributed by atoms with Crippen LogP contribution in [0.2, 0.25) is 0 Å². The second-order valence-corrected chi connectivity index (χ2v) is 6.63. The predicted molar refractivity (Wildman–Crippen MR) is 83.9 cm³/mol. The second kappa shape index (κ2) is 6.19. The van der Waals surface area contributed by atoms with Crippen LogP contribution in [0.1, 0.15) is 35.9 Å². The highest BCUT2D eigenvalue weighted by molar-refractivity contribution is 7.18. The topological polar surface area (TPSA) is 71.7 Å². The van der Waals surface area contributed by atoms with E-state index in [0.717, 1.165) is 37.6 Å². The molecule has 1 aromatic rings. The summed E-state index contributed by atoms with van der Waals surface area (Å²) < 4.78 is 5.34. The zero-order valence-corrected chi connectivity index (χ0v) is 13.2. The molecule has 0 aliphatic carbocycles. The fourth-order valence-electron chi connectivity index (χ4n) is 2.89. The normalized spacial score (nSPS) is 23.4. The summed E-state index contributed by atoms with van der Waals surface area (Å²) in [5.41, 5.74) is 5.99. The molecular formula is C14H22N4O2S. The summed E-state index contributed by atoms with van der Waals surface area (Å²) >= 11 is 1.41. The molecule has 2 saturated heterocycles. The number of amides is 1. The summed E-state index contributed by atoms with van der Waals surface area (Å²) in [6.45, 7) is 5.95. The third-order valence-corrected chi connectivity index (χ3v) is 5.30. The van der Waals surface area contributed by atoms with Crippen molar-refractivity contribution >= 4 is 28.2 Å². The Hall–Kier alpha value is -1.34. The molecule has 116 valence electrons. The van der Waals surface area contributed by atoms with Gasteiger partial charge in [-0.25, -0.2) is 4.98 Å². The first-order valence-corrected chi connectivity index (χ1v) is 8.38. The Bertz CT molecular complexity index is 513. The van der Waals surface area contributed by atoms with Crippen LogP contribution in [0.3, 0.4) is 0 Å². The quantitative estimate of drug-likeness (QED) is 0.898. The van der Waals surface area contributed by atoms with Gasteiger partial charge in [0, 0.05) is 25.7 Å². The number of nitrogens with zero attached hydrogens (tertiary/aromatic N) is 3. The van der Waals surface area contributed by atoms with Crippen LogP contribution >= 0.6 is 11.3 Å². The molecule has 3 heterocycles. The van der Waals surface area contributed by atoms with Crippen molar-refractivity contribution in [3.05, 3.63) is 4.88 Å². The van der Waals surface area contributed by atoms with E-state index in [1.165, 1.54) is 17.8 Å². The Labute approximate surface area is 128 Å². The van der Waals surface area contributed by atoms with Gasteiger partial charge >= 0.3 is 0 Å². The summed E-state index contributed by atoms with van der Waals surface area (Å²) in [6, 6.07) is 0.291. The van der Waals surface area contributed by atoms with Crippen LogP contribution in [0.25, 0.3) is 0 Å². The van der Waals surface area contributed by atoms with E-state index >= 15 is 0 Å². The number of hydrogen-bond donors (Lipinski definition) is 1. The molecular weight excluding hydrogens is 288 g/mol. The van der Waals surface area contributed by atoms with Gasteiger partial charge in [0.2, 0.25) is 0 Å². The van der Waals surface area contributed by atoms with Gasteiger partial charge in [-0.1, -0.05) is 11.3 Å². The van der Waals surface area contributed by atoms with E-state index in [4.69, 9.17) is 10.5 Å². The van der Waals surface area contributed by atoms with Crippen LogP contribution < -0.4 is 10.6 Å². The van der Waals surface area contributed by atoms with Crippen molar-refractivity contribution in [2.75, 3.05) is 43.5 Å². The van der Waals surface area contributed by atoms with Gasteiger partial charge in [0.1, 0.15) is 10.7 Å². The van der Waals surface area contributed by atoms with E-state index in [-0.39, 0.29) is 5.91 Å². The number of thiazole rings is 1. The highest BCUT2D eigenvalue weighted by Crippen LogP contribution is 2.31. The van der Waals surface area contributed by atoms with Gasteiger partial charge in [-0.3, -0.25) is 4.79 Å². The maximum atomic E-state index is 12.7. The first-order valence-electron chi connectivity index (χ1n) is 7.57. The predicted octanol–water partition coefficient (Wildman–Crippen LogP) is 1.58. The number of nitrogens with two attached hydrogens (primary N) is 1. The van der Waals surface area contributed by atoms with Crippen molar-refractivity contribution in [1.82, 2.24) is 9.88 Å². The molecule has 1 unspecified atom stereocenters. The molecule has 2 aliphatic rings.